The molecular weight excluding hydrogens is 496 g/mol. The second-order valence-electron chi connectivity index (χ2n) is 9.28. The summed E-state index contributed by atoms with van der Waals surface area (Å²) >= 11 is 0. The fraction of sp³-hybridized carbons (Fsp3) is 0.222. The van der Waals surface area contributed by atoms with Crippen LogP contribution in [0.5, 0.6) is 0 Å². The average Bonchev–Trinajstić information content (AvgIpc) is 3.63. The molecule has 0 bridgehead atoms. The summed E-state index contributed by atoms with van der Waals surface area (Å²) in [6.07, 6.45) is 4.21. The highest BCUT2D eigenvalue weighted by atomic mass is 32.2. The smallest absolute Gasteiger partial charge is 0.244 e. The lowest BCUT2D eigenvalue weighted by molar-refractivity contribution is 0.477. The summed E-state index contributed by atoms with van der Waals surface area (Å²) < 4.78 is 58.6. The third-order valence-corrected chi connectivity index (χ3v) is 9.26. The van der Waals surface area contributed by atoms with Gasteiger partial charge < -0.3 is 5.73 Å². The number of nitrogen functional groups attached to an aromatic ring is 1. The second-order valence-corrected chi connectivity index (χ2v) is 11.3. The van der Waals surface area contributed by atoms with Crippen LogP contribution in [0.3, 0.4) is 0 Å². The van der Waals surface area contributed by atoms with Crippen LogP contribution >= 0.6 is 0 Å². The highest BCUT2D eigenvalue weighted by Crippen LogP contribution is 2.42. The number of nitrogens with zero attached hydrogens (tertiary/aromatic N) is 4. The first kappa shape index (κ1) is 23.5. The highest BCUT2D eigenvalue weighted by molar-refractivity contribution is 7.90. The van der Waals surface area contributed by atoms with Crippen LogP contribution in [-0.4, -0.2) is 34.6 Å². The molecule has 1 aromatic heterocycles. The van der Waals surface area contributed by atoms with Gasteiger partial charge in [0.05, 0.1) is 33.8 Å². The van der Waals surface area contributed by atoms with Crippen LogP contribution in [0, 0.1) is 11.6 Å². The molecule has 1 aliphatic carbocycles. The molecular formula is C27H23F2N5O2S. The third kappa shape index (κ3) is 3.66. The molecule has 4 aromatic rings. The SMILES string of the molecule is Nc1nc2ccc(C3(c4c(F)cccc4F)N=CC(c4ccccc4)=N3)cc2n1S(=O)(=O)C1CCCC1. The summed E-state index contributed by atoms with van der Waals surface area (Å²) in [6, 6.07) is 17.4. The summed E-state index contributed by atoms with van der Waals surface area (Å²) in [5, 5.41) is -0.568. The Morgan fingerprint density at radius 3 is 2.35 bits per heavy atom. The van der Waals surface area contributed by atoms with Gasteiger partial charge in [0.15, 0.2) is 0 Å². The van der Waals surface area contributed by atoms with Gasteiger partial charge in [-0.3, -0.25) is 4.99 Å². The maximum atomic E-state index is 15.2. The molecule has 1 fully saturated rings. The minimum Gasteiger partial charge on any atom is -0.368 e. The number of halogens is 2. The Morgan fingerprint density at radius 2 is 1.65 bits per heavy atom. The number of hydrogen-bond acceptors (Lipinski definition) is 6. The number of aliphatic imine (C=N–C) groups is 2. The van der Waals surface area contributed by atoms with E-state index < -0.39 is 32.6 Å². The summed E-state index contributed by atoms with van der Waals surface area (Å²) in [5.41, 5.74) is 5.95. The van der Waals surface area contributed by atoms with E-state index in [-0.39, 0.29) is 22.6 Å². The standard InChI is InChI=1S/C27H23F2N5O2S/c28-20-11-6-12-21(29)25(20)27(31-16-23(33-27)17-7-2-1-3-8-17)18-13-14-22-24(15-18)34(26(30)32-22)37(35,36)19-9-4-5-10-19/h1-3,6-8,11-16,19H,4-5,9-10H2,(H2,30,32). The quantitative estimate of drug-likeness (QED) is 0.409. The first-order valence-corrected chi connectivity index (χ1v) is 13.5. The van der Waals surface area contributed by atoms with E-state index in [1.165, 1.54) is 18.3 Å². The lowest BCUT2D eigenvalue weighted by Gasteiger charge is -2.25. The highest BCUT2D eigenvalue weighted by Gasteiger charge is 2.42. The number of anilines is 1. The van der Waals surface area contributed by atoms with Gasteiger partial charge in [-0.25, -0.2) is 31.1 Å². The van der Waals surface area contributed by atoms with Crippen LogP contribution in [0.2, 0.25) is 0 Å². The van der Waals surface area contributed by atoms with E-state index >= 15 is 8.78 Å². The van der Waals surface area contributed by atoms with Crippen LogP contribution in [-0.2, 0) is 15.7 Å². The third-order valence-electron chi connectivity index (χ3n) is 7.05. The van der Waals surface area contributed by atoms with E-state index in [4.69, 9.17) is 10.7 Å². The predicted octanol–water partition coefficient (Wildman–Crippen LogP) is 4.79. The molecule has 7 nitrogen and oxygen atoms in total. The molecule has 0 amide bonds. The van der Waals surface area contributed by atoms with Gasteiger partial charge in [-0.15, -0.1) is 0 Å². The molecule has 0 radical (unpaired) electrons. The van der Waals surface area contributed by atoms with Crippen molar-refractivity contribution in [2.75, 3.05) is 5.73 Å². The summed E-state index contributed by atoms with van der Waals surface area (Å²) in [6.45, 7) is 0. The molecule has 2 aliphatic rings. The maximum Gasteiger partial charge on any atom is 0.244 e. The van der Waals surface area contributed by atoms with Gasteiger partial charge in [-0.2, -0.15) is 0 Å². The fourth-order valence-electron chi connectivity index (χ4n) is 5.26. The van der Waals surface area contributed by atoms with Crippen LogP contribution in [0.4, 0.5) is 14.7 Å². The van der Waals surface area contributed by atoms with E-state index in [9.17, 15) is 8.42 Å². The molecule has 6 rings (SSSR count). The topological polar surface area (TPSA) is 103 Å². The van der Waals surface area contributed by atoms with E-state index in [2.05, 4.69) is 9.98 Å². The van der Waals surface area contributed by atoms with E-state index in [1.807, 2.05) is 30.3 Å². The Bertz CT molecular complexity index is 1670. The number of imidazole rings is 1. The van der Waals surface area contributed by atoms with Crippen LogP contribution in [0.1, 0.15) is 42.4 Å². The zero-order valence-electron chi connectivity index (χ0n) is 19.7. The Balaban J connectivity index is 1.60. The molecule has 1 saturated carbocycles. The van der Waals surface area contributed by atoms with Crippen molar-refractivity contribution in [2.45, 2.75) is 36.6 Å². The van der Waals surface area contributed by atoms with E-state index in [0.717, 1.165) is 34.5 Å². The Morgan fingerprint density at radius 1 is 0.946 bits per heavy atom. The molecule has 2 N–H and O–H groups in total. The van der Waals surface area contributed by atoms with Gasteiger partial charge in [0.1, 0.15) is 11.6 Å². The van der Waals surface area contributed by atoms with Gasteiger partial charge >= 0.3 is 0 Å². The Hall–Kier alpha value is -3.92. The zero-order valence-corrected chi connectivity index (χ0v) is 20.5. The lowest BCUT2D eigenvalue weighted by atomic mass is 9.91. The number of hydrogen-bond donors (Lipinski definition) is 1. The lowest BCUT2D eigenvalue weighted by Crippen LogP contribution is -2.27. The average molecular weight is 520 g/mol. The molecule has 0 saturated heterocycles. The van der Waals surface area contributed by atoms with Gasteiger partial charge in [-0.05, 0) is 37.1 Å². The van der Waals surface area contributed by atoms with Crippen molar-refractivity contribution >= 4 is 38.9 Å². The molecule has 3 aromatic carbocycles. The van der Waals surface area contributed by atoms with Crippen molar-refractivity contribution < 1.29 is 17.2 Å². The monoisotopic (exact) mass is 519 g/mol. The minimum absolute atomic E-state index is 0.159. The molecule has 188 valence electrons. The molecule has 1 atom stereocenters. The molecule has 37 heavy (non-hydrogen) atoms. The Kier molecular flexibility index (Phi) is 5.45. The first-order chi connectivity index (χ1) is 17.8. The van der Waals surface area contributed by atoms with Gasteiger partial charge in [0.25, 0.3) is 0 Å². The van der Waals surface area contributed by atoms with E-state index in [0.29, 0.717) is 24.1 Å². The largest absolute Gasteiger partial charge is 0.368 e. The maximum absolute atomic E-state index is 15.2. The summed E-state index contributed by atoms with van der Waals surface area (Å²) in [5.74, 6) is -1.79. The molecule has 10 heteroatoms. The van der Waals surface area contributed by atoms with Crippen LogP contribution in [0.25, 0.3) is 11.0 Å². The number of nitrogens with two attached hydrogens (primary N) is 1. The first-order valence-electron chi connectivity index (χ1n) is 12.0. The fourth-order valence-corrected chi connectivity index (χ4v) is 7.21. The molecule has 1 aliphatic heterocycles. The summed E-state index contributed by atoms with van der Waals surface area (Å²) in [4.78, 5) is 13.5. The predicted molar refractivity (Wildman–Crippen MR) is 139 cm³/mol. The summed E-state index contributed by atoms with van der Waals surface area (Å²) in [7, 11) is -3.84. The van der Waals surface area contributed by atoms with Gasteiger partial charge in [-0.1, -0.05) is 55.3 Å². The Labute approximate surface area is 212 Å². The molecule has 1 unspecified atom stereocenters. The van der Waals surface area contributed by atoms with E-state index in [1.54, 1.807) is 12.1 Å². The van der Waals surface area contributed by atoms with Crippen molar-refractivity contribution in [1.82, 2.24) is 8.96 Å². The van der Waals surface area contributed by atoms with Crippen LogP contribution in [0.15, 0.2) is 76.7 Å². The van der Waals surface area contributed by atoms with Crippen molar-refractivity contribution in [3.8, 4) is 0 Å². The minimum atomic E-state index is -3.84. The second kappa shape index (κ2) is 8.58. The number of rotatable bonds is 5. The zero-order chi connectivity index (χ0) is 25.8. The normalized spacial score (nSPS) is 20.1. The van der Waals surface area contributed by atoms with Crippen molar-refractivity contribution in [3.05, 3.63) is 95.1 Å². The number of aromatic nitrogens is 2. The van der Waals surface area contributed by atoms with Gasteiger partial charge in [0.2, 0.25) is 21.6 Å². The molecule has 0 spiro atoms. The number of fused-ring (bicyclic) bond motifs is 1. The molecule has 2 heterocycles. The van der Waals surface area contributed by atoms with Crippen molar-refractivity contribution in [1.29, 1.82) is 0 Å². The van der Waals surface area contributed by atoms with Crippen molar-refractivity contribution in [3.63, 3.8) is 0 Å². The van der Waals surface area contributed by atoms with Crippen LogP contribution < -0.4 is 5.73 Å². The van der Waals surface area contributed by atoms with Crippen molar-refractivity contribution in [2.24, 2.45) is 9.98 Å². The number of benzene rings is 3. The van der Waals surface area contributed by atoms with Gasteiger partial charge in [0, 0.05) is 11.1 Å².